The lowest BCUT2D eigenvalue weighted by Crippen LogP contribution is -1.95. The molecule has 258 valence electrons. The number of fused-ring (bicyclic) bond motifs is 3. The summed E-state index contributed by atoms with van der Waals surface area (Å²) in [6.07, 6.45) is 0. The Hall–Kier alpha value is -6.94. The van der Waals surface area contributed by atoms with E-state index in [9.17, 15) is 0 Å². The molecule has 0 amide bonds. The van der Waals surface area contributed by atoms with Crippen LogP contribution in [-0.4, -0.2) is 9.97 Å². The highest BCUT2D eigenvalue weighted by Crippen LogP contribution is 2.42. The van der Waals surface area contributed by atoms with Crippen LogP contribution >= 0.6 is 11.3 Å². The summed E-state index contributed by atoms with van der Waals surface area (Å²) < 4.78 is 1.20. The Morgan fingerprint density at radius 2 is 0.691 bits per heavy atom. The topological polar surface area (TPSA) is 25.8 Å². The summed E-state index contributed by atoms with van der Waals surface area (Å²) in [4.78, 5) is 11.7. The van der Waals surface area contributed by atoms with Crippen molar-refractivity contribution < 1.29 is 0 Å². The van der Waals surface area contributed by atoms with Crippen LogP contribution in [0.2, 0.25) is 0 Å². The number of nitrogens with zero attached hydrogens (tertiary/aromatic N) is 2. The van der Waals surface area contributed by atoms with Crippen LogP contribution < -0.4 is 0 Å². The molecule has 55 heavy (non-hydrogen) atoms. The first-order chi connectivity index (χ1) is 27.2. The molecule has 2 heterocycles. The van der Waals surface area contributed by atoms with Crippen molar-refractivity contribution in [3.63, 3.8) is 0 Å². The van der Waals surface area contributed by atoms with Gasteiger partial charge in [-0.2, -0.15) is 0 Å². The van der Waals surface area contributed by atoms with Crippen LogP contribution in [-0.2, 0) is 0 Å². The molecular formula is C52H34N2S. The van der Waals surface area contributed by atoms with Gasteiger partial charge in [0.25, 0.3) is 0 Å². The van der Waals surface area contributed by atoms with E-state index in [1.54, 1.807) is 11.3 Å². The predicted octanol–water partition coefficient (Wildman–Crippen LogP) is 14.5. The van der Waals surface area contributed by atoms with Gasteiger partial charge >= 0.3 is 0 Å². The molecule has 0 aliphatic carbocycles. The normalized spacial score (nSPS) is 11.3. The van der Waals surface area contributed by atoms with Crippen molar-refractivity contribution in [2.75, 3.05) is 0 Å². The van der Waals surface area contributed by atoms with Crippen LogP contribution in [0.1, 0.15) is 0 Å². The van der Waals surface area contributed by atoms with E-state index in [1.807, 2.05) is 0 Å². The van der Waals surface area contributed by atoms with E-state index in [0.717, 1.165) is 55.1 Å². The van der Waals surface area contributed by atoms with Gasteiger partial charge in [0, 0.05) is 26.6 Å². The van der Waals surface area contributed by atoms with Gasteiger partial charge in [-0.25, -0.2) is 9.97 Å². The first-order valence-electron chi connectivity index (χ1n) is 18.6. The number of hydrogen-bond acceptors (Lipinski definition) is 3. The monoisotopic (exact) mass is 718 g/mol. The highest BCUT2D eigenvalue weighted by atomic mass is 32.1. The third-order valence-corrected chi connectivity index (χ3v) is 11.4. The van der Waals surface area contributed by atoms with E-state index >= 15 is 0 Å². The summed E-state index contributed by atoms with van der Waals surface area (Å²) in [5, 5.41) is 2.27. The largest absolute Gasteiger partial charge is 0.227 e. The average molecular weight is 719 g/mol. The Bertz CT molecular complexity index is 2890. The van der Waals surface area contributed by atoms with Crippen molar-refractivity contribution in [1.29, 1.82) is 0 Å². The van der Waals surface area contributed by atoms with Gasteiger partial charge in [-0.05, 0) is 92.0 Å². The van der Waals surface area contributed by atoms with Crippen molar-refractivity contribution in [3.8, 4) is 78.3 Å². The lowest BCUT2D eigenvalue weighted by molar-refractivity contribution is 1.24. The van der Waals surface area contributed by atoms with Gasteiger partial charge in [-0.15, -0.1) is 11.3 Å². The van der Waals surface area contributed by atoms with Gasteiger partial charge in [0.2, 0.25) is 0 Å². The van der Waals surface area contributed by atoms with Crippen molar-refractivity contribution in [2.24, 2.45) is 0 Å². The molecule has 0 N–H and O–H groups in total. The van der Waals surface area contributed by atoms with E-state index in [-0.39, 0.29) is 0 Å². The maximum absolute atomic E-state index is 5.46. The van der Waals surface area contributed by atoms with Crippen LogP contribution in [0.4, 0.5) is 0 Å². The molecule has 8 aromatic carbocycles. The number of hydrogen-bond donors (Lipinski definition) is 0. The molecule has 0 aliphatic heterocycles. The molecule has 2 nitrogen and oxygen atoms in total. The summed E-state index contributed by atoms with van der Waals surface area (Å²) in [7, 11) is 0. The van der Waals surface area contributed by atoms with Crippen molar-refractivity contribution in [3.05, 3.63) is 206 Å². The van der Waals surface area contributed by atoms with Crippen LogP contribution in [0.3, 0.4) is 0 Å². The van der Waals surface area contributed by atoms with Gasteiger partial charge in [0.15, 0.2) is 5.82 Å². The summed E-state index contributed by atoms with van der Waals surface area (Å²) >= 11 is 1.73. The van der Waals surface area contributed by atoms with Gasteiger partial charge in [0.1, 0.15) is 4.83 Å². The highest BCUT2D eigenvalue weighted by molar-refractivity contribution is 7.25. The zero-order chi connectivity index (χ0) is 36.6. The minimum Gasteiger partial charge on any atom is -0.227 e. The summed E-state index contributed by atoms with van der Waals surface area (Å²) in [5.74, 6) is 0.718. The standard InChI is InChI=1S/C52H34N2S/c1-4-14-35(15-5-1)38-26-28-39(29-27-38)40-20-12-21-41(30-40)42-22-13-23-43(31-42)51-53-50(49-47-24-10-11-25-48(47)55-52(49)54-51)46-33-44(36-16-6-2-7-17-36)32-45(34-46)37-18-8-3-9-19-37/h1-34H. The molecule has 0 bridgehead atoms. The van der Waals surface area contributed by atoms with E-state index in [2.05, 4.69) is 206 Å². The Kier molecular flexibility index (Phi) is 8.40. The summed E-state index contributed by atoms with van der Waals surface area (Å²) in [5.41, 5.74) is 14.7. The van der Waals surface area contributed by atoms with E-state index < -0.39 is 0 Å². The Morgan fingerprint density at radius 1 is 0.291 bits per heavy atom. The molecule has 0 radical (unpaired) electrons. The second-order valence-electron chi connectivity index (χ2n) is 13.8. The zero-order valence-corrected chi connectivity index (χ0v) is 30.7. The van der Waals surface area contributed by atoms with Crippen LogP contribution in [0, 0.1) is 0 Å². The van der Waals surface area contributed by atoms with Gasteiger partial charge in [-0.1, -0.05) is 170 Å². The quantitative estimate of drug-likeness (QED) is 0.164. The Morgan fingerprint density at radius 3 is 1.29 bits per heavy atom. The number of aromatic nitrogens is 2. The molecule has 3 heteroatoms. The second kappa shape index (κ2) is 14.1. The van der Waals surface area contributed by atoms with Crippen LogP contribution in [0.25, 0.3) is 98.6 Å². The molecular weight excluding hydrogens is 685 g/mol. The average Bonchev–Trinajstić information content (AvgIpc) is 3.66. The van der Waals surface area contributed by atoms with Crippen molar-refractivity contribution >= 4 is 31.6 Å². The number of thiophene rings is 1. The van der Waals surface area contributed by atoms with Gasteiger partial charge in [-0.3, -0.25) is 0 Å². The molecule has 10 aromatic rings. The second-order valence-corrected chi connectivity index (χ2v) is 14.8. The predicted molar refractivity (Wildman–Crippen MR) is 233 cm³/mol. The summed E-state index contributed by atoms with van der Waals surface area (Å²) in [6, 6.07) is 73.5. The fourth-order valence-corrected chi connectivity index (χ4v) is 8.60. The fourth-order valence-electron chi connectivity index (χ4n) is 7.52. The lowest BCUT2D eigenvalue weighted by Gasteiger charge is -2.13. The lowest BCUT2D eigenvalue weighted by atomic mass is 9.94. The number of benzene rings is 8. The molecule has 0 aliphatic rings. The van der Waals surface area contributed by atoms with Gasteiger partial charge in [0.05, 0.1) is 5.69 Å². The maximum atomic E-state index is 5.46. The van der Waals surface area contributed by atoms with E-state index in [0.29, 0.717) is 0 Å². The zero-order valence-electron chi connectivity index (χ0n) is 29.9. The van der Waals surface area contributed by atoms with Crippen LogP contribution in [0.5, 0.6) is 0 Å². The molecule has 2 aromatic heterocycles. The smallest absolute Gasteiger partial charge is 0.161 e. The minimum atomic E-state index is 0.718. The highest BCUT2D eigenvalue weighted by Gasteiger charge is 2.19. The third-order valence-electron chi connectivity index (χ3n) is 10.3. The first kappa shape index (κ1) is 32.7. The maximum Gasteiger partial charge on any atom is 0.161 e. The minimum absolute atomic E-state index is 0.718. The molecule has 0 unspecified atom stereocenters. The van der Waals surface area contributed by atoms with Crippen molar-refractivity contribution in [2.45, 2.75) is 0 Å². The fraction of sp³-hybridized carbons (Fsp3) is 0. The molecule has 0 fully saturated rings. The first-order valence-corrected chi connectivity index (χ1v) is 19.4. The van der Waals surface area contributed by atoms with Gasteiger partial charge < -0.3 is 0 Å². The molecule has 0 atom stereocenters. The van der Waals surface area contributed by atoms with E-state index in [4.69, 9.17) is 9.97 Å². The molecule has 0 spiro atoms. The SMILES string of the molecule is c1ccc(-c2ccc(-c3cccc(-c4cccc(-c5nc(-c6cc(-c7ccccc7)cc(-c7ccccc7)c6)c6c(n5)sc5ccccc56)c4)c3)cc2)cc1. The Labute approximate surface area is 324 Å². The van der Waals surface area contributed by atoms with Crippen LogP contribution in [0.15, 0.2) is 206 Å². The van der Waals surface area contributed by atoms with E-state index in [1.165, 1.54) is 43.5 Å². The summed E-state index contributed by atoms with van der Waals surface area (Å²) in [6.45, 7) is 0. The molecule has 0 saturated carbocycles. The molecule has 0 saturated heterocycles. The molecule has 10 rings (SSSR count). The van der Waals surface area contributed by atoms with Crippen molar-refractivity contribution in [1.82, 2.24) is 9.97 Å². The Balaban J connectivity index is 1.09. The third kappa shape index (κ3) is 6.41. The number of rotatable bonds is 7.